The lowest BCUT2D eigenvalue weighted by atomic mass is 9.52. The minimum atomic E-state index is -0.128. The second-order valence-corrected chi connectivity index (χ2v) is 15.9. The second-order valence-electron chi connectivity index (χ2n) is 15.9. The third-order valence-corrected chi connectivity index (χ3v) is 13.2. The minimum absolute atomic E-state index is 0.0111. The van der Waals surface area contributed by atoms with Crippen LogP contribution in [0.3, 0.4) is 0 Å². The van der Waals surface area contributed by atoms with Gasteiger partial charge in [-0.25, -0.2) is 0 Å². The molecule has 1 aromatic heterocycles. The van der Waals surface area contributed by atoms with E-state index in [0.29, 0.717) is 30.1 Å². The smallest absolute Gasteiger partial charge is 0.229 e. The Labute approximate surface area is 275 Å². The number of carbonyl (C=O) groups excluding carboxylic acids is 2. The van der Waals surface area contributed by atoms with Crippen LogP contribution in [-0.2, 0) is 9.59 Å². The third-order valence-electron chi connectivity index (χ3n) is 13.2. The van der Waals surface area contributed by atoms with Gasteiger partial charge in [-0.15, -0.1) is 0 Å². The number of fused-ring (bicyclic) bond motifs is 5. The van der Waals surface area contributed by atoms with Crippen molar-refractivity contribution in [3.05, 3.63) is 41.5 Å². The van der Waals surface area contributed by atoms with E-state index in [4.69, 9.17) is 9.97 Å². The molecule has 6 atom stereocenters. The molecular formula is C38H52N6O2. The Hall–Kier alpha value is -3.00. The van der Waals surface area contributed by atoms with Gasteiger partial charge in [0.2, 0.25) is 5.95 Å². The number of aromatic nitrogens is 2. The summed E-state index contributed by atoms with van der Waals surface area (Å²) in [5, 5.41) is 0. The molecule has 8 nitrogen and oxygen atoms in total. The molecule has 5 fully saturated rings. The number of Topliss-reactive ketones (excluding diaryl/α,β-unsaturated/α-hetero) is 1. The van der Waals surface area contributed by atoms with Crippen LogP contribution in [0.25, 0.3) is 0 Å². The molecule has 0 bridgehead atoms. The molecular weight excluding hydrogens is 574 g/mol. The van der Waals surface area contributed by atoms with Crippen LogP contribution in [0.1, 0.15) is 72.1 Å². The van der Waals surface area contributed by atoms with E-state index in [0.717, 1.165) is 95.6 Å². The second kappa shape index (κ2) is 11.6. The van der Waals surface area contributed by atoms with Crippen molar-refractivity contribution in [1.29, 1.82) is 0 Å². The van der Waals surface area contributed by atoms with Crippen LogP contribution in [0, 0.1) is 34.5 Å². The van der Waals surface area contributed by atoms with Crippen LogP contribution < -0.4 is 14.7 Å². The summed E-state index contributed by atoms with van der Waals surface area (Å²) in [5.41, 5.74) is 2.68. The number of ketones is 2. The van der Waals surface area contributed by atoms with Crippen molar-refractivity contribution in [1.82, 2.24) is 14.9 Å². The molecule has 0 unspecified atom stereocenters. The first kappa shape index (κ1) is 30.3. The third kappa shape index (κ3) is 5.05. The van der Waals surface area contributed by atoms with Crippen LogP contribution in [-0.4, -0.2) is 85.3 Å². The SMILES string of the molecule is C[C@]12C=CC(=O)C=C1CC[C@@H]1C2=CC[C@@]2(C)[C@H]1C[C@@H]([14CH3])[C@@H]2C(=O)CN1CCN(c2cc(N3CCCC3)[14n]c(N3CCCC3)[14n]2)CC1. The van der Waals surface area contributed by atoms with Gasteiger partial charge in [-0.05, 0) is 93.6 Å². The van der Waals surface area contributed by atoms with Gasteiger partial charge in [-0.1, -0.05) is 37.1 Å². The molecule has 8 heteroatoms. The number of hydrogen-bond acceptors (Lipinski definition) is 8. The minimum Gasteiger partial charge on any atom is -0.356 e. The molecule has 2 saturated carbocycles. The standard InChI is InChI=1S/C38H52N6O2/c1-26-22-31-29-9-8-27-23-28(45)10-12-37(27,2)30(29)11-13-38(31,3)35(26)32(46)25-41-18-20-43(21-19-41)34-24-33(42-14-4-5-15-42)39-36(40-34)44-16-6-7-17-44/h10-12,23-24,26,29,31,35H,4-9,13-22,25H2,1-3H3/t26-,29-,31+,35-,37+,38+/m1/s1/i1+2,39+0,40+0. The van der Waals surface area contributed by atoms with E-state index >= 15 is 0 Å². The molecule has 0 spiro atoms. The van der Waals surface area contributed by atoms with Gasteiger partial charge in [0.15, 0.2) is 11.6 Å². The van der Waals surface area contributed by atoms with E-state index in [9.17, 15) is 9.59 Å². The number of nitrogens with zero attached hydrogens (tertiary/aromatic N) is 6. The number of hydrogen-bond donors (Lipinski definition) is 0. The fourth-order valence-electron chi connectivity index (χ4n) is 10.8. The van der Waals surface area contributed by atoms with Gasteiger partial charge in [0, 0.05) is 69.8 Å². The molecule has 3 aliphatic heterocycles. The highest BCUT2D eigenvalue weighted by molar-refractivity contribution is 6.01. The summed E-state index contributed by atoms with van der Waals surface area (Å²) in [6.07, 6.45) is 17.4. The molecule has 0 radical (unpaired) electrons. The number of rotatable bonds is 6. The Morgan fingerprint density at radius 3 is 2.28 bits per heavy atom. The average Bonchev–Trinajstić information content (AvgIpc) is 3.83. The highest BCUT2D eigenvalue weighted by Gasteiger charge is 2.59. The molecule has 4 heterocycles. The maximum atomic E-state index is 14.2. The van der Waals surface area contributed by atoms with E-state index in [-0.39, 0.29) is 22.5 Å². The van der Waals surface area contributed by atoms with Gasteiger partial charge >= 0.3 is 0 Å². The highest BCUT2D eigenvalue weighted by Crippen LogP contribution is 2.65. The fraction of sp³-hybridized carbons (Fsp3) is 0.684. The van der Waals surface area contributed by atoms with Crippen molar-refractivity contribution in [3.8, 4) is 0 Å². The van der Waals surface area contributed by atoms with E-state index in [2.05, 4.69) is 58.6 Å². The van der Waals surface area contributed by atoms with Gasteiger partial charge in [0.05, 0.1) is 6.54 Å². The summed E-state index contributed by atoms with van der Waals surface area (Å²) in [4.78, 5) is 46.1. The highest BCUT2D eigenvalue weighted by atomic mass is 16.1. The largest absolute Gasteiger partial charge is 0.356 e. The molecule has 246 valence electrons. The summed E-state index contributed by atoms with van der Waals surface area (Å²) in [7, 11) is 0. The van der Waals surface area contributed by atoms with Crippen LogP contribution >= 0.6 is 0 Å². The fourth-order valence-corrected chi connectivity index (χ4v) is 10.8. The van der Waals surface area contributed by atoms with Crippen molar-refractivity contribution in [2.45, 2.75) is 72.1 Å². The molecule has 4 aliphatic carbocycles. The zero-order chi connectivity index (χ0) is 31.6. The average molecular weight is 627 g/mol. The number of carbonyl (C=O) groups is 2. The lowest BCUT2D eigenvalue weighted by Crippen LogP contribution is -2.51. The van der Waals surface area contributed by atoms with E-state index in [1.807, 2.05) is 6.08 Å². The summed E-state index contributed by atoms with van der Waals surface area (Å²) in [5.74, 6) is 5.14. The predicted molar refractivity (Wildman–Crippen MR) is 183 cm³/mol. The monoisotopic (exact) mass is 626 g/mol. The molecule has 3 saturated heterocycles. The van der Waals surface area contributed by atoms with Crippen LogP contribution in [0.2, 0.25) is 0 Å². The Balaban J connectivity index is 0.947. The lowest BCUT2D eigenvalue weighted by Gasteiger charge is -2.52. The number of anilines is 3. The summed E-state index contributed by atoms with van der Waals surface area (Å²) < 4.78 is 0. The van der Waals surface area contributed by atoms with Gasteiger partial charge in [-0.2, -0.15) is 9.97 Å². The van der Waals surface area contributed by atoms with Crippen molar-refractivity contribution in [2.75, 3.05) is 73.6 Å². The molecule has 7 aliphatic rings. The van der Waals surface area contributed by atoms with Crippen LogP contribution in [0.5, 0.6) is 0 Å². The van der Waals surface area contributed by atoms with Gasteiger partial charge < -0.3 is 14.7 Å². The van der Waals surface area contributed by atoms with Crippen LogP contribution in [0.4, 0.5) is 17.6 Å². The van der Waals surface area contributed by atoms with Gasteiger partial charge in [0.1, 0.15) is 11.6 Å². The Kier molecular flexibility index (Phi) is 7.65. The van der Waals surface area contributed by atoms with E-state index in [1.165, 1.54) is 36.8 Å². The molecule has 46 heavy (non-hydrogen) atoms. The molecule has 0 N–H and O–H groups in total. The summed E-state index contributed by atoms with van der Waals surface area (Å²) in [6, 6.07) is 2.21. The van der Waals surface area contributed by atoms with Crippen molar-refractivity contribution < 1.29 is 9.59 Å². The predicted octanol–water partition coefficient (Wildman–Crippen LogP) is 5.46. The topological polar surface area (TPSA) is 72.9 Å². The van der Waals surface area contributed by atoms with Crippen molar-refractivity contribution in [2.24, 2.45) is 34.5 Å². The maximum absolute atomic E-state index is 14.2. The van der Waals surface area contributed by atoms with Gasteiger partial charge in [-0.3, -0.25) is 14.5 Å². The number of allylic oxidation sites excluding steroid dienone is 6. The zero-order valence-electron chi connectivity index (χ0n) is 28.2. The summed E-state index contributed by atoms with van der Waals surface area (Å²) >= 11 is 0. The quantitative estimate of drug-likeness (QED) is 0.386. The Morgan fingerprint density at radius 2 is 1.59 bits per heavy atom. The maximum Gasteiger partial charge on any atom is 0.229 e. The van der Waals surface area contributed by atoms with E-state index < -0.39 is 0 Å². The van der Waals surface area contributed by atoms with Gasteiger partial charge in [0.25, 0.3) is 0 Å². The Bertz CT molecular complexity index is 1450. The van der Waals surface area contributed by atoms with Crippen LogP contribution in [0.15, 0.2) is 41.5 Å². The Morgan fingerprint density at radius 1 is 0.935 bits per heavy atom. The first-order valence-corrected chi connectivity index (χ1v) is 18.3. The molecule has 0 amide bonds. The molecule has 0 aromatic carbocycles. The van der Waals surface area contributed by atoms with E-state index in [1.54, 1.807) is 6.08 Å². The zero-order valence-corrected chi connectivity index (χ0v) is 28.2. The first-order chi connectivity index (χ1) is 22.2. The molecule has 8 rings (SSSR count). The van der Waals surface area contributed by atoms with Crippen molar-refractivity contribution in [3.63, 3.8) is 0 Å². The van der Waals surface area contributed by atoms with Crippen molar-refractivity contribution >= 4 is 29.2 Å². The summed E-state index contributed by atoms with van der Waals surface area (Å²) in [6.45, 7) is 15.4. The first-order valence-electron chi connectivity index (χ1n) is 18.3. The lowest BCUT2D eigenvalue weighted by molar-refractivity contribution is -0.129. The number of piperazine rings is 1. The normalized spacial score (nSPS) is 36.0. The molecule has 1 aromatic rings.